The molecule has 1 aromatic rings. The first kappa shape index (κ1) is 13.8. The second-order valence-corrected chi connectivity index (χ2v) is 6.18. The van der Waals surface area contributed by atoms with Gasteiger partial charge >= 0.3 is 0 Å². The van der Waals surface area contributed by atoms with E-state index in [1.807, 2.05) is 6.92 Å². The molecular formula is C15H23N3O. The number of nitrogens with zero attached hydrogens (tertiary/aromatic N) is 1. The van der Waals surface area contributed by atoms with Gasteiger partial charge in [0.05, 0.1) is 0 Å². The zero-order valence-electron chi connectivity index (χ0n) is 12.0. The van der Waals surface area contributed by atoms with Crippen molar-refractivity contribution in [2.24, 2.45) is 5.41 Å². The number of aromatic nitrogens is 1. The molecule has 1 atom stereocenters. The van der Waals surface area contributed by atoms with Crippen LogP contribution in [0.5, 0.6) is 0 Å². The minimum absolute atomic E-state index is 0.0443. The zero-order valence-corrected chi connectivity index (χ0v) is 12.0. The van der Waals surface area contributed by atoms with Gasteiger partial charge < -0.3 is 11.1 Å². The van der Waals surface area contributed by atoms with E-state index in [9.17, 15) is 4.79 Å². The lowest BCUT2D eigenvalue weighted by molar-refractivity contribution is 0.0853. The van der Waals surface area contributed by atoms with E-state index >= 15 is 0 Å². The summed E-state index contributed by atoms with van der Waals surface area (Å²) in [6.07, 6.45) is 4.65. The highest BCUT2D eigenvalue weighted by molar-refractivity contribution is 5.95. The Balaban J connectivity index is 2.12. The lowest BCUT2D eigenvalue weighted by Crippen LogP contribution is -2.46. The summed E-state index contributed by atoms with van der Waals surface area (Å²) < 4.78 is 0. The molecule has 1 fully saturated rings. The van der Waals surface area contributed by atoms with E-state index in [2.05, 4.69) is 24.1 Å². The molecule has 1 amide bonds. The molecule has 0 aromatic carbocycles. The van der Waals surface area contributed by atoms with Gasteiger partial charge in [0.2, 0.25) is 0 Å². The molecule has 1 aliphatic carbocycles. The molecule has 1 saturated carbocycles. The summed E-state index contributed by atoms with van der Waals surface area (Å²) in [6.45, 7) is 6.30. The van der Waals surface area contributed by atoms with Crippen molar-refractivity contribution in [3.8, 4) is 0 Å². The number of aryl methyl sites for hydroxylation is 1. The molecule has 4 heteroatoms. The fourth-order valence-electron chi connectivity index (χ4n) is 2.83. The Labute approximate surface area is 114 Å². The van der Waals surface area contributed by atoms with E-state index in [1.54, 1.807) is 12.1 Å². The summed E-state index contributed by atoms with van der Waals surface area (Å²) in [5, 5.41) is 3.16. The van der Waals surface area contributed by atoms with E-state index in [-0.39, 0.29) is 17.4 Å². The van der Waals surface area contributed by atoms with Crippen LogP contribution < -0.4 is 11.1 Å². The van der Waals surface area contributed by atoms with Gasteiger partial charge in [-0.2, -0.15) is 0 Å². The fourth-order valence-corrected chi connectivity index (χ4v) is 2.83. The maximum atomic E-state index is 12.3. The van der Waals surface area contributed by atoms with Crippen LogP contribution in [0.4, 0.5) is 5.82 Å². The minimum Gasteiger partial charge on any atom is -0.384 e. The number of carbonyl (C=O) groups excluding carboxylic acids is 1. The Hall–Kier alpha value is -1.58. The lowest BCUT2D eigenvalue weighted by Gasteiger charge is -2.39. The number of hydrogen-bond donors (Lipinski definition) is 2. The summed E-state index contributed by atoms with van der Waals surface area (Å²) in [5.41, 5.74) is 7.24. The maximum absolute atomic E-state index is 12.3. The number of carbonyl (C=O) groups is 1. The summed E-state index contributed by atoms with van der Waals surface area (Å²) in [5.74, 6) is 0.352. The number of anilines is 1. The van der Waals surface area contributed by atoms with Gasteiger partial charge in [0.15, 0.2) is 0 Å². The van der Waals surface area contributed by atoms with E-state index in [4.69, 9.17) is 5.73 Å². The largest absolute Gasteiger partial charge is 0.384 e. The lowest BCUT2D eigenvalue weighted by atomic mass is 9.73. The molecule has 0 spiro atoms. The number of nitrogen functional groups attached to an aromatic ring is 1. The van der Waals surface area contributed by atoms with Crippen LogP contribution in [0.2, 0.25) is 0 Å². The quantitative estimate of drug-likeness (QED) is 0.860. The number of pyridine rings is 1. The van der Waals surface area contributed by atoms with Gasteiger partial charge in [-0.15, -0.1) is 0 Å². The summed E-state index contributed by atoms with van der Waals surface area (Å²) in [6, 6.07) is 3.66. The van der Waals surface area contributed by atoms with E-state index in [0.29, 0.717) is 11.4 Å². The molecule has 0 aliphatic heterocycles. The number of nitrogens with two attached hydrogens (primary N) is 1. The molecule has 1 aromatic heterocycles. The fraction of sp³-hybridized carbons (Fsp3) is 0.600. The van der Waals surface area contributed by atoms with Crippen LogP contribution in [-0.4, -0.2) is 16.9 Å². The highest BCUT2D eigenvalue weighted by atomic mass is 16.1. The van der Waals surface area contributed by atoms with Gasteiger partial charge in [0.25, 0.3) is 5.91 Å². The van der Waals surface area contributed by atoms with Crippen molar-refractivity contribution >= 4 is 11.7 Å². The predicted molar refractivity (Wildman–Crippen MR) is 76.9 cm³/mol. The molecular weight excluding hydrogens is 238 g/mol. The Bertz CT molecular complexity index is 462. The first-order chi connectivity index (χ1) is 8.88. The van der Waals surface area contributed by atoms with Crippen LogP contribution in [0.1, 0.15) is 55.6 Å². The number of amides is 1. The molecule has 1 unspecified atom stereocenters. The van der Waals surface area contributed by atoms with Crippen LogP contribution in [0.25, 0.3) is 0 Å². The summed E-state index contributed by atoms with van der Waals surface area (Å²) in [7, 11) is 0. The molecule has 0 saturated heterocycles. The molecule has 2 rings (SSSR count). The number of rotatable bonds is 2. The second-order valence-electron chi connectivity index (χ2n) is 6.18. The van der Waals surface area contributed by atoms with Gasteiger partial charge in [-0.25, -0.2) is 4.98 Å². The molecule has 1 heterocycles. The van der Waals surface area contributed by atoms with Crippen molar-refractivity contribution in [1.29, 1.82) is 0 Å². The first-order valence-corrected chi connectivity index (χ1v) is 6.93. The van der Waals surface area contributed by atoms with Crippen molar-refractivity contribution in [2.45, 2.75) is 52.5 Å². The van der Waals surface area contributed by atoms with Crippen LogP contribution in [0.3, 0.4) is 0 Å². The molecule has 3 N–H and O–H groups in total. The van der Waals surface area contributed by atoms with Crippen molar-refractivity contribution in [3.63, 3.8) is 0 Å². The highest BCUT2D eigenvalue weighted by Crippen LogP contribution is 2.35. The van der Waals surface area contributed by atoms with Crippen LogP contribution in [0, 0.1) is 12.3 Å². The Kier molecular flexibility index (Phi) is 3.78. The molecule has 0 radical (unpaired) electrons. The van der Waals surface area contributed by atoms with Crippen molar-refractivity contribution in [1.82, 2.24) is 10.3 Å². The number of nitrogens with one attached hydrogen (secondary N) is 1. The summed E-state index contributed by atoms with van der Waals surface area (Å²) >= 11 is 0. The average Bonchev–Trinajstić information content (AvgIpc) is 2.30. The Morgan fingerprint density at radius 1 is 1.42 bits per heavy atom. The van der Waals surface area contributed by atoms with Gasteiger partial charge in [0.1, 0.15) is 5.82 Å². The SMILES string of the molecule is Cc1cc(C(=O)NC2CCCCC2(C)C)cc(N)n1. The minimum atomic E-state index is -0.0443. The standard InChI is InChI=1S/C15H23N3O/c1-10-8-11(9-13(16)17-10)14(19)18-12-6-4-5-7-15(12,2)3/h8-9,12H,4-7H2,1-3H3,(H2,16,17)(H,18,19). The van der Waals surface area contributed by atoms with Gasteiger partial charge in [-0.05, 0) is 37.3 Å². The predicted octanol–water partition coefficient (Wildman–Crippen LogP) is 2.67. The summed E-state index contributed by atoms with van der Waals surface area (Å²) in [4.78, 5) is 16.4. The maximum Gasteiger partial charge on any atom is 0.251 e. The Morgan fingerprint density at radius 2 is 2.16 bits per heavy atom. The molecule has 0 bridgehead atoms. The first-order valence-electron chi connectivity index (χ1n) is 6.93. The smallest absolute Gasteiger partial charge is 0.251 e. The second kappa shape index (κ2) is 5.19. The monoisotopic (exact) mass is 261 g/mol. The molecule has 104 valence electrons. The zero-order chi connectivity index (χ0) is 14.0. The topological polar surface area (TPSA) is 68.0 Å². The van der Waals surface area contributed by atoms with Crippen molar-refractivity contribution in [3.05, 3.63) is 23.4 Å². The van der Waals surface area contributed by atoms with Gasteiger partial charge in [-0.1, -0.05) is 26.7 Å². The van der Waals surface area contributed by atoms with Gasteiger partial charge in [-0.3, -0.25) is 4.79 Å². The van der Waals surface area contributed by atoms with E-state index in [0.717, 1.165) is 18.5 Å². The third-order valence-electron chi connectivity index (χ3n) is 4.05. The molecule has 19 heavy (non-hydrogen) atoms. The van der Waals surface area contributed by atoms with Crippen molar-refractivity contribution < 1.29 is 4.79 Å². The van der Waals surface area contributed by atoms with Crippen LogP contribution in [0.15, 0.2) is 12.1 Å². The third kappa shape index (κ3) is 3.25. The van der Waals surface area contributed by atoms with Crippen molar-refractivity contribution in [2.75, 3.05) is 5.73 Å². The van der Waals surface area contributed by atoms with Gasteiger partial charge in [0, 0.05) is 17.3 Å². The van der Waals surface area contributed by atoms with E-state index < -0.39 is 0 Å². The third-order valence-corrected chi connectivity index (χ3v) is 4.05. The normalized spacial score (nSPS) is 21.9. The number of hydrogen-bond acceptors (Lipinski definition) is 3. The van der Waals surface area contributed by atoms with Crippen LogP contribution >= 0.6 is 0 Å². The van der Waals surface area contributed by atoms with Crippen LogP contribution in [-0.2, 0) is 0 Å². The highest BCUT2D eigenvalue weighted by Gasteiger charge is 2.33. The Morgan fingerprint density at radius 3 is 2.79 bits per heavy atom. The average molecular weight is 261 g/mol. The molecule has 1 aliphatic rings. The molecule has 4 nitrogen and oxygen atoms in total. The van der Waals surface area contributed by atoms with E-state index in [1.165, 1.54) is 12.8 Å².